The van der Waals surface area contributed by atoms with Gasteiger partial charge in [0.15, 0.2) is 6.29 Å². The van der Waals surface area contributed by atoms with Crippen molar-refractivity contribution in [3.8, 4) is 0 Å². The van der Waals surface area contributed by atoms with Crippen LogP contribution in [0.3, 0.4) is 0 Å². The summed E-state index contributed by atoms with van der Waals surface area (Å²) in [6, 6.07) is 0. The Balaban J connectivity index is 2.32. The monoisotopic (exact) mass is 144 g/mol. The van der Waals surface area contributed by atoms with Crippen LogP contribution in [0, 0.1) is 11.8 Å². The summed E-state index contributed by atoms with van der Waals surface area (Å²) in [5.41, 5.74) is 0. The highest BCUT2D eigenvalue weighted by molar-refractivity contribution is 4.73. The highest BCUT2D eigenvalue weighted by Crippen LogP contribution is 2.32. The van der Waals surface area contributed by atoms with Gasteiger partial charge in [0.25, 0.3) is 0 Å². The largest absolute Gasteiger partial charge is 0.368 e. The predicted molar refractivity (Wildman–Crippen MR) is 39.3 cm³/mol. The highest BCUT2D eigenvalue weighted by atomic mass is 16.5. The van der Waals surface area contributed by atoms with Crippen LogP contribution in [0.25, 0.3) is 0 Å². The van der Waals surface area contributed by atoms with Crippen LogP contribution in [0.2, 0.25) is 0 Å². The lowest BCUT2D eigenvalue weighted by Gasteiger charge is -2.19. The summed E-state index contributed by atoms with van der Waals surface area (Å²) in [6.45, 7) is 1.92. The van der Waals surface area contributed by atoms with Gasteiger partial charge in [-0.05, 0) is 5.92 Å². The van der Waals surface area contributed by atoms with Crippen molar-refractivity contribution in [2.75, 3.05) is 0 Å². The summed E-state index contributed by atoms with van der Waals surface area (Å²) in [5.74, 6) is 0.627. The van der Waals surface area contributed by atoms with Gasteiger partial charge in [0.1, 0.15) is 0 Å². The molecule has 1 fully saturated rings. The molecule has 2 nitrogen and oxygen atoms in total. The Morgan fingerprint density at radius 1 is 1.20 bits per heavy atom. The molecule has 0 saturated heterocycles. The molecular weight excluding hydrogens is 128 g/mol. The normalized spacial score (nSPS) is 24.0. The second-order valence-corrected chi connectivity index (χ2v) is 3.32. The topological polar surface area (TPSA) is 40.5 Å². The lowest BCUT2D eigenvalue weighted by molar-refractivity contribution is -0.0936. The van der Waals surface area contributed by atoms with E-state index in [1.807, 2.05) is 6.92 Å². The fraction of sp³-hybridized carbons (Fsp3) is 1.00. The molecule has 0 aliphatic heterocycles. The first kappa shape index (κ1) is 8.02. The molecule has 0 aromatic carbocycles. The Kier molecular flexibility index (Phi) is 2.69. The molecule has 0 heterocycles. The van der Waals surface area contributed by atoms with Crippen LogP contribution in [0.15, 0.2) is 0 Å². The van der Waals surface area contributed by atoms with Crippen LogP contribution in [0.5, 0.6) is 0 Å². The molecule has 0 spiro atoms. The van der Waals surface area contributed by atoms with Crippen LogP contribution in [0.4, 0.5) is 0 Å². The zero-order valence-electron chi connectivity index (χ0n) is 6.45. The Hall–Kier alpha value is -0.0800. The molecule has 0 amide bonds. The molecule has 2 heteroatoms. The molecule has 1 aliphatic carbocycles. The molecule has 2 N–H and O–H groups in total. The van der Waals surface area contributed by atoms with Crippen LogP contribution >= 0.6 is 0 Å². The first-order valence-corrected chi connectivity index (χ1v) is 4.08. The van der Waals surface area contributed by atoms with E-state index in [9.17, 15) is 0 Å². The molecule has 1 rings (SSSR count). The van der Waals surface area contributed by atoms with E-state index >= 15 is 0 Å². The quantitative estimate of drug-likeness (QED) is 0.570. The minimum Gasteiger partial charge on any atom is -0.368 e. The summed E-state index contributed by atoms with van der Waals surface area (Å²) >= 11 is 0. The summed E-state index contributed by atoms with van der Waals surface area (Å²) < 4.78 is 0. The molecule has 0 radical (unpaired) electrons. The Bertz CT molecular complexity index is 95.4. The average Bonchev–Trinajstić information content (AvgIpc) is 2.36. The fourth-order valence-electron chi connectivity index (χ4n) is 1.73. The Morgan fingerprint density at radius 3 is 2.10 bits per heavy atom. The molecule has 0 aromatic heterocycles. The van der Waals surface area contributed by atoms with E-state index in [1.165, 1.54) is 25.7 Å². The third-order valence-corrected chi connectivity index (χ3v) is 2.61. The van der Waals surface area contributed by atoms with Gasteiger partial charge in [-0.25, -0.2) is 0 Å². The molecule has 1 aliphatic rings. The standard InChI is InChI=1S/C8H16O2/c1-6(8(9)10)7-4-2-3-5-7/h6-10H,2-5H2,1H3. The van der Waals surface area contributed by atoms with Crippen molar-refractivity contribution in [3.05, 3.63) is 0 Å². The Morgan fingerprint density at radius 2 is 1.70 bits per heavy atom. The lowest BCUT2D eigenvalue weighted by atomic mass is 9.92. The first-order valence-electron chi connectivity index (χ1n) is 4.08. The van der Waals surface area contributed by atoms with Crippen molar-refractivity contribution in [2.24, 2.45) is 11.8 Å². The molecule has 0 bridgehead atoms. The lowest BCUT2D eigenvalue weighted by Crippen LogP contribution is -2.22. The van der Waals surface area contributed by atoms with Gasteiger partial charge in [0, 0.05) is 5.92 Å². The maximum Gasteiger partial charge on any atom is 0.154 e. The molecular formula is C8H16O2. The third kappa shape index (κ3) is 1.70. The summed E-state index contributed by atoms with van der Waals surface area (Å²) in [4.78, 5) is 0. The molecule has 10 heavy (non-hydrogen) atoms. The number of rotatable bonds is 2. The number of hydrogen-bond donors (Lipinski definition) is 2. The Labute approximate surface area is 61.9 Å². The smallest absolute Gasteiger partial charge is 0.154 e. The van der Waals surface area contributed by atoms with Crippen molar-refractivity contribution in [1.29, 1.82) is 0 Å². The van der Waals surface area contributed by atoms with Gasteiger partial charge in [-0.2, -0.15) is 0 Å². The van der Waals surface area contributed by atoms with E-state index in [2.05, 4.69) is 0 Å². The summed E-state index contributed by atoms with van der Waals surface area (Å²) in [7, 11) is 0. The van der Waals surface area contributed by atoms with E-state index in [4.69, 9.17) is 10.2 Å². The highest BCUT2D eigenvalue weighted by Gasteiger charge is 2.25. The molecule has 60 valence electrons. The number of aliphatic hydroxyl groups excluding tert-OH is 1. The first-order chi connectivity index (χ1) is 4.72. The fourth-order valence-corrected chi connectivity index (χ4v) is 1.73. The third-order valence-electron chi connectivity index (χ3n) is 2.61. The van der Waals surface area contributed by atoms with Crippen molar-refractivity contribution < 1.29 is 10.2 Å². The van der Waals surface area contributed by atoms with Crippen molar-refractivity contribution >= 4 is 0 Å². The maximum absolute atomic E-state index is 8.84. The van der Waals surface area contributed by atoms with Crippen molar-refractivity contribution in [1.82, 2.24) is 0 Å². The van der Waals surface area contributed by atoms with E-state index in [0.29, 0.717) is 5.92 Å². The SMILES string of the molecule is CC(C(O)O)C1CCCC1. The van der Waals surface area contributed by atoms with Gasteiger partial charge < -0.3 is 10.2 Å². The minimum absolute atomic E-state index is 0.0718. The molecule has 1 unspecified atom stereocenters. The zero-order valence-corrected chi connectivity index (χ0v) is 6.45. The van der Waals surface area contributed by atoms with Crippen LogP contribution in [-0.2, 0) is 0 Å². The molecule has 1 atom stereocenters. The van der Waals surface area contributed by atoms with Crippen LogP contribution in [0.1, 0.15) is 32.6 Å². The number of hydrogen-bond acceptors (Lipinski definition) is 2. The number of aliphatic hydroxyl groups is 2. The summed E-state index contributed by atoms with van der Waals surface area (Å²) in [6.07, 6.45) is 3.78. The van der Waals surface area contributed by atoms with E-state index < -0.39 is 6.29 Å². The average molecular weight is 144 g/mol. The van der Waals surface area contributed by atoms with Crippen LogP contribution < -0.4 is 0 Å². The van der Waals surface area contributed by atoms with Crippen molar-refractivity contribution in [3.63, 3.8) is 0 Å². The van der Waals surface area contributed by atoms with Gasteiger partial charge >= 0.3 is 0 Å². The second-order valence-electron chi connectivity index (χ2n) is 3.32. The molecule has 1 saturated carbocycles. The van der Waals surface area contributed by atoms with E-state index in [1.54, 1.807) is 0 Å². The van der Waals surface area contributed by atoms with E-state index in [0.717, 1.165) is 0 Å². The van der Waals surface area contributed by atoms with E-state index in [-0.39, 0.29) is 5.92 Å². The van der Waals surface area contributed by atoms with Gasteiger partial charge in [0.05, 0.1) is 0 Å². The molecule has 0 aromatic rings. The van der Waals surface area contributed by atoms with Gasteiger partial charge in [0.2, 0.25) is 0 Å². The van der Waals surface area contributed by atoms with Crippen molar-refractivity contribution in [2.45, 2.75) is 38.9 Å². The second kappa shape index (κ2) is 3.35. The predicted octanol–water partition coefficient (Wildman–Crippen LogP) is 1.12. The van der Waals surface area contributed by atoms with Gasteiger partial charge in [-0.3, -0.25) is 0 Å². The summed E-state index contributed by atoms with van der Waals surface area (Å²) in [5, 5.41) is 17.7. The van der Waals surface area contributed by atoms with Gasteiger partial charge in [-0.1, -0.05) is 32.6 Å². The maximum atomic E-state index is 8.84. The zero-order chi connectivity index (χ0) is 7.56. The minimum atomic E-state index is -1.11. The van der Waals surface area contributed by atoms with Crippen LogP contribution in [-0.4, -0.2) is 16.5 Å². The van der Waals surface area contributed by atoms with Gasteiger partial charge in [-0.15, -0.1) is 0 Å².